The number of aromatic amines is 1. The maximum absolute atomic E-state index is 11.2. The van der Waals surface area contributed by atoms with Gasteiger partial charge in [-0.3, -0.25) is 9.89 Å². The van der Waals surface area contributed by atoms with Crippen LogP contribution in [0.2, 0.25) is 0 Å². The van der Waals surface area contributed by atoms with E-state index in [1.165, 1.54) is 0 Å². The molecule has 0 aromatic carbocycles. The average molecular weight is 196 g/mol. The van der Waals surface area contributed by atoms with Crippen molar-refractivity contribution in [2.75, 3.05) is 5.32 Å². The third kappa shape index (κ3) is 2.85. The average Bonchev–Trinajstić information content (AvgIpc) is 2.53. The van der Waals surface area contributed by atoms with E-state index >= 15 is 0 Å². The molecule has 1 atom stereocenters. The monoisotopic (exact) mass is 196 g/mol. The lowest BCUT2D eigenvalue weighted by molar-refractivity contribution is -0.117. The van der Waals surface area contributed by atoms with Crippen molar-refractivity contribution in [1.82, 2.24) is 10.2 Å². The van der Waals surface area contributed by atoms with Gasteiger partial charge in [-0.15, -0.1) is 0 Å². The van der Waals surface area contributed by atoms with Crippen LogP contribution in [0.25, 0.3) is 0 Å². The van der Waals surface area contributed by atoms with Gasteiger partial charge in [0.15, 0.2) is 5.82 Å². The molecule has 0 unspecified atom stereocenters. The summed E-state index contributed by atoms with van der Waals surface area (Å²) in [6, 6.07) is 1.31. The highest BCUT2D eigenvalue weighted by Crippen LogP contribution is 2.07. The van der Waals surface area contributed by atoms with Gasteiger partial charge in [-0.25, -0.2) is 0 Å². The first-order chi connectivity index (χ1) is 6.63. The van der Waals surface area contributed by atoms with Crippen molar-refractivity contribution in [2.45, 2.75) is 32.7 Å². The van der Waals surface area contributed by atoms with E-state index in [1.54, 1.807) is 6.92 Å². The Kier molecular flexibility index (Phi) is 3.64. The van der Waals surface area contributed by atoms with Gasteiger partial charge in [0.25, 0.3) is 0 Å². The number of nitrogens with one attached hydrogen (secondary N) is 2. The van der Waals surface area contributed by atoms with Crippen LogP contribution in [0.1, 0.15) is 26.0 Å². The number of anilines is 1. The number of aromatic nitrogens is 2. The molecule has 0 saturated carbocycles. The lowest BCUT2D eigenvalue weighted by atomic mass is 10.2. The maximum Gasteiger partial charge on any atom is 0.242 e. The Bertz CT molecular complexity index is 306. The van der Waals surface area contributed by atoms with Crippen LogP contribution in [0.4, 0.5) is 5.82 Å². The van der Waals surface area contributed by atoms with E-state index in [1.807, 2.05) is 6.07 Å². The minimum Gasteiger partial charge on any atom is -0.320 e. The second-order valence-corrected chi connectivity index (χ2v) is 3.31. The molecule has 14 heavy (non-hydrogen) atoms. The molecule has 0 aliphatic heterocycles. The van der Waals surface area contributed by atoms with Gasteiger partial charge < -0.3 is 11.1 Å². The summed E-state index contributed by atoms with van der Waals surface area (Å²) in [4.78, 5) is 11.2. The Morgan fingerprint density at radius 3 is 3.07 bits per heavy atom. The van der Waals surface area contributed by atoms with Crippen LogP contribution < -0.4 is 11.1 Å². The minimum atomic E-state index is -0.513. The van der Waals surface area contributed by atoms with Gasteiger partial charge in [0.1, 0.15) is 0 Å². The van der Waals surface area contributed by atoms with Gasteiger partial charge in [-0.05, 0) is 13.3 Å². The van der Waals surface area contributed by atoms with E-state index < -0.39 is 6.04 Å². The number of hydrogen-bond donors (Lipinski definition) is 3. The van der Waals surface area contributed by atoms with E-state index in [2.05, 4.69) is 22.4 Å². The summed E-state index contributed by atoms with van der Waals surface area (Å²) in [6.07, 6.45) is 1.98. The van der Waals surface area contributed by atoms with Crippen molar-refractivity contribution < 1.29 is 4.79 Å². The highest BCUT2D eigenvalue weighted by atomic mass is 16.2. The quantitative estimate of drug-likeness (QED) is 0.661. The SMILES string of the molecule is CCCc1cc(NC(=O)[C@@H](C)N)n[nH]1. The molecule has 5 nitrogen and oxygen atoms in total. The van der Waals surface area contributed by atoms with Gasteiger partial charge in [0.2, 0.25) is 5.91 Å². The summed E-state index contributed by atoms with van der Waals surface area (Å²) in [5.74, 6) is 0.315. The number of carbonyl (C=O) groups is 1. The van der Waals surface area contributed by atoms with E-state index in [4.69, 9.17) is 5.73 Å². The Morgan fingerprint density at radius 1 is 1.79 bits per heavy atom. The van der Waals surface area contributed by atoms with Crippen LogP contribution in [-0.2, 0) is 11.2 Å². The maximum atomic E-state index is 11.2. The van der Waals surface area contributed by atoms with Crippen molar-refractivity contribution in [3.8, 4) is 0 Å². The Balaban J connectivity index is 2.55. The van der Waals surface area contributed by atoms with E-state index in [0.29, 0.717) is 5.82 Å². The number of aryl methyl sites for hydroxylation is 1. The second kappa shape index (κ2) is 4.76. The van der Waals surface area contributed by atoms with Crippen molar-refractivity contribution in [1.29, 1.82) is 0 Å². The normalized spacial score (nSPS) is 12.5. The third-order valence-electron chi connectivity index (χ3n) is 1.82. The predicted octanol–water partition coefficient (Wildman–Crippen LogP) is 0.648. The topological polar surface area (TPSA) is 83.8 Å². The van der Waals surface area contributed by atoms with Crippen LogP contribution in [0.5, 0.6) is 0 Å². The highest BCUT2D eigenvalue weighted by molar-refractivity contribution is 5.93. The first kappa shape index (κ1) is 10.7. The molecule has 78 valence electrons. The Labute approximate surface area is 83.1 Å². The van der Waals surface area contributed by atoms with Crippen molar-refractivity contribution in [2.24, 2.45) is 5.73 Å². The first-order valence-corrected chi connectivity index (χ1v) is 4.74. The molecule has 0 bridgehead atoms. The molecule has 1 aromatic rings. The standard InChI is InChI=1S/C9H16N4O/c1-3-4-7-5-8(13-12-7)11-9(14)6(2)10/h5-6H,3-4,10H2,1-2H3,(H2,11,12,13,14)/t6-/m1/s1. The number of nitrogens with two attached hydrogens (primary N) is 1. The van der Waals surface area contributed by atoms with Crippen LogP contribution in [-0.4, -0.2) is 22.1 Å². The fourth-order valence-corrected chi connectivity index (χ4v) is 1.06. The number of amides is 1. The molecule has 0 aliphatic rings. The molecule has 0 fully saturated rings. The highest BCUT2D eigenvalue weighted by Gasteiger charge is 2.09. The van der Waals surface area contributed by atoms with Crippen molar-refractivity contribution in [3.05, 3.63) is 11.8 Å². The molecule has 1 amide bonds. The van der Waals surface area contributed by atoms with E-state index in [-0.39, 0.29) is 5.91 Å². The van der Waals surface area contributed by atoms with Gasteiger partial charge in [0, 0.05) is 11.8 Å². The molecule has 1 rings (SSSR count). The number of carbonyl (C=O) groups excluding carboxylic acids is 1. The fourth-order valence-electron chi connectivity index (χ4n) is 1.06. The molecule has 1 aromatic heterocycles. The van der Waals surface area contributed by atoms with E-state index in [9.17, 15) is 4.79 Å². The predicted molar refractivity (Wildman–Crippen MR) is 54.9 cm³/mol. The summed E-state index contributed by atoms with van der Waals surface area (Å²) >= 11 is 0. The zero-order valence-corrected chi connectivity index (χ0v) is 8.50. The zero-order chi connectivity index (χ0) is 10.6. The second-order valence-electron chi connectivity index (χ2n) is 3.31. The molecule has 0 radical (unpaired) electrons. The largest absolute Gasteiger partial charge is 0.320 e. The minimum absolute atomic E-state index is 0.223. The molecule has 0 spiro atoms. The van der Waals surface area contributed by atoms with Crippen LogP contribution >= 0.6 is 0 Å². The first-order valence-electron chi connectivity index (χ1n) is 4.74. The lowest BCUT2D eigenvalue weighted by Gasteiger charge is -2.03. The number of rotatable bonds is 4. The third-order valence-corrected chi connectivity index (χ3v) is 1.82. The molecule has 5 heteroatoms. The van der Waals surface area contributed by atoms with Crippen LogP contribution in [0.15, 0.2) is 6.07 Å². The van der Waals surface area contributed by atoms with Crippen LogP contribution in [0.3, 0.4) is 0 Å². The number of H-pyrrole nitrogens is 1. The number of hydrogen-bond acceptors (Lipinski definition) is 3. The molecule has 1 heterocycles. The summed E-state index contributed by atoms with van der Waals surface area (Å²) in [5.41, 5.74) is 6.42. The zero-order valence-electron chi connectivity index (χ0n) is 8.50. The van der Waals surface area contributed by atoms with Gasteiger partial charge in [0.05, 0.1) is 6.04 Å². The lowest BCUT2D eigenvalue weighted by Crippen LogP contribution is -2.32. The van der Waals surface area contributed by atoms with Crippen molar-refractivity contribution >= 4 is 11.7 Å². The summed E-state index contributed by atoms with van der Waals surface area (Å²) in [5, 5.41) is 9.40. The Morgan fingerprint density at radius 2 is 2.50 bits per heavy atom. The fraction of sp³-hybridized carbons (Fsp3) is 0.556. The van der Waals surface area contributed by atoms with Gasteiger partial charge in [-0.1, -0.05) is 13.3 Å². The summed E-state index contributed by atoms with van der Waals surface area (Å²) in [7, 11) is 0. The smallest absolute Gasteiger partial charge is 0.242 e. The molecule has 0 saturated heterocycles. The molecular weight excluding hydrogens is 180 g/mol. The summed E-state index contributed by atoms with van der Waals surface area (Å²) in [6.45, 7) is 3.72. The molecular formula is C9H16N4O. The summed E-state index contributed by atoms with van der Waals surface area (Å²) < 4.78 is 0. The number of nitrogens with zero attached hydrogens (tertiary/aromatic N) is 1. The van der Waals surface area contributed by atoms with Crippen LogP contribution in [0, 0.1) is 0 Å². The van der Waals surface area contributed by atoms with E-state index in [0.717, 1.165) is 18.5 Å². The van der Waals surface area contributed by atoms with Gasteiger partial charge >= 0.3 is 0 Å². The Hall–Kier alpha value is -1.36. The van der Waals surface area contributed by atoms with Gasteiger partial charge in [-0.2, -0.15) is 5.10 Å². The van der Waals surface area contributed by atoms with Crippen molar-refractivity contribution in [3.63, 3.8) is 0 Å². The molecule has 4 N–H and O–H groups in total. The molecule has 0 aliphatic carbocycles.